The molecule has 4 fully saturated rings. The number of rotatable bonds is 13. The molecule has 378 valence electrons. The van der Waals surface area contributed by atoms with Gasteiger partial charge in [0.2, 0.25) is 18.0 Å². The van der Waals surface area contributed by atoms with Gasteiger partial charge in [0.1, 0.15) is 23.7 Å². The number of amides is 4. The quantitative estimate of drug-likeness (QED) is 0.134. The Hall–Kier alpha value is -6.33. The minimum atomic E-state index is -0.739. The van der Waals surface area contributed by atoms with Crippen molar-refractivity contribution in [3.05, 3.63) is 87.6 Å². The molecule has 6 aliphatic heterocycles. The van der Waals surface area contributed by atoms with Crippen LogP contribution in [-0.4, -0.2) is 114 Å². The molecule has 7 aliphatic rings. The topological polar surface area (TPSA) is 165 Å². The Labute approximate surface area is 422 Å². The van der Waals surface area contributed by atoms with Gasteiger partial charge in [-0.3, -0.25) is 24.1 Å². The van der Waals surface area contributed by atoms with Crippen LogP contribution in [-0.2, 0) is 30.2 Å². The van der Waals surface area contributed by atoms with Gasteiger partial charge in [-0.2, -0.15) is 0 Å². The minimum absolute atomic E-state index is 0.0491. The maximum atomic E-state index is 17.0. The number of aliphatic imine (C=N–C) groups is 2. The van der Waals surface area contributed by atoms with Gasteiger partial charge in [0.15, 0.2) is 0 Å². The van der Waals surface area contributed by atoms with Gasteiger partial charge in [-0.1, -0.05) is 19.9 Å². The van der Waals surface area contributed by atoms with Gasteiger partial charge in [0.05, 0.1) is 48.0 Å². The van der Waals surface area contributed by atoms with Gasteiger partial charge in [-0.25, -0.2) is 14.0 Å². The second-order valence-corrected chi connectivity index (χ2v) is 21.8. The first-order chi connectivity index (χ1) is 35.0. The van der Waals surface area contributed by atoms with E-state index in [0.717, 1.165) is 87.6 Å². The van der Waals surface area contributed by atoms with Crippen LogP contribution in [0.1, 0.15) is 105 Å². The van der Waals surface area contributed by atoms with Gasteiger partial charge >= 0.3 is 12.2 Å². The number of alkyl carbamates (subject to hydrolysis) is 2. The number of halogens is 1. The number of nitrogens with zero attached hydrogens (tertiary/aromatic N) is 5. The molecule has 1 saturated carbocycles. The van der Waals surface area contributed by atoms with Crippen LogP contribution in [0.2, 0.25) is 0 Å². The fourth-order valence-corrected chi connectivity index (χ4v) is 12.8. The number of fused-ring (bicyclic) bond motifs is 5. The molecule has 3 saturated heterocycles. The predicted molar refractivity (Wildman–Crippen MR) is 273 cm³/mol. The number of ether oxygens (including phenoxy) is 4. The van der Waals surface area contributed by atoms with Gasteiger partial charge < -0.3 is 39.4 Å². The summed E-state index contributed by atoms with van der Waals surface area (Å²) >= 11 is 1.75. The first kappa shape index (κ1) is 48.0. The third kappa shape index (κ3) is 9.22. The highest BCUT2D eigenvalue weighted by atomic mass is 32.1. The number of aromatic nitrogens is 1. The molecule has 0 bridgehead atoms. The smallest absolute Gasteiger partial charge is 0.407 e. The third-order valence-electron chi connectivity index (χ3n) is 15.7. The Morgan fingerprint density at radius 3 is 2.12 bits per heavy atom. The molecule has 1 unspecified atom stereocenters. The number of thiophene rings is 1. The maximum Gasteiger partial charge on any atom is 0.407 e. The average molecular weight is 1000 g/mol. The summed E-state index contributed by atoms with van der Waals surface area (Å²) < 4.78 is 41.5. The van der Waals surface area contributed by atoms with Crippen LogP contribution >= 0.6 is 11.3 Å². The summed E-state index contributed by atoms with van der Waals surface area (Å²) in [6, 6.07) is 14.4. The van der Waals surface area contributed by atoms with E-state index in [1.165, 1.54) is 31.9 Å². The Kier molecular flexibility index (Phi) is 13.3. The van der Waals surface area contributed by atoms with Crippen LogP contribution in [0.3, 0.4) is 0 Å². The van der Waals surface area contributed by atoms with Crippen LogP contribution in [0, 0.1) is 23.6 Å². The van der Waals surface area contributed by atoms with Crippen molar-refractivity contribution in [2.24, 2.45) is 27.7 Å². The van der Waals surface area contributed by atoms with E-state index in [-0.39, 0.29) is 35.7 Å². The normalized spacial score (nSPS) is 22.7. The number of nitrogens with one attached hydrogen (secondary N) is 2. The molecule has 17 heteroatoms. The van der Waals surface area contributed by atoms with Gasteiger partial charge in [-0.05, 0) is 140 Å². The fourth-order valence-electron chi connectivity index (χ4n) is 11.7. The van der Waals surface area contributed by atoms with Crippen LogP contribution < -0.4 is 15.4 Å². The fraction of sp³-hybridized carbons (Fsp3) is 0.491. The molecule has 2 aromatic carbocycles. The first-order valence-corrected chi connectivity index (χ1v) is 26.4. The number of hydrogen-bond donors (Lipinski definition) is 2. The van der Waals surface area contributed by atoms with Crippen LogP contribution in [0.15, 0.2) is 70.9 Å². The van der Waals surface area contributed by atoms with Crippen LogP contribution in [0.25, 0.3) is 33.3 Å². The Morgan fingerprint density at radius 1 is 0.792 bits per heavy atom. The number of carbonyl (C=O) groups excluding carboxylic acids is 4. The number of allylic oxidation sites excluding steroid dienone is 2. The molecule has 1 aliphatic carbocycles. The number of benzene rings is 2. The molecule has 8 heterocycles. The van der Waals surface area contributed by atoms with Crippen molar-refractivity contribution >= 4 is 68.8 Å². The van der Waals surface area contributed by atoms with E-state index in [1.54, 1.807) is 23.6 Å². The summed E-state index contributed by atoms with van der Waals surface area (Å²) in [4.78, 5) is 68.6. The molecule has 72 heavy (non-hydrogen) atoms. The lowest BCUT2D eigenvalue weighted by atomic mass is 9.90. The van der Waals surface area contributed by atoms with Crippen LogP contribution in [0.4, 0.5) is 14.0 Å². The Morgan fingerprint density at radius 2 is 1.46 bits per heavy atom. The van der Waals surface area contributed by atoms with Crippen molar-refractivity contribution in [3.63, 3.8) is 0 Å². The van der Waals surface area contributed by atoms with E-state index in [2.05, 4.69) is 51.6 Å². The van der Waals surface area contributed by atoms with Crippen molar-refractivity contribution in [2.75, 3.05) is 40.5 Å². The van der Waals surface area contributed by atoms with Crippen LogP contribution in [0.5, 0.6) is 5.75 Å². The van der Waals surface area contributed by atoms with Crippen molar-refractivity contribution in [2.45, 2.75) is 115 Å². The maximum absolute atomic E-state index is 17.0. The lowest BCUT2D eigenvalue weighted by Crippen LogP contribution is -2.55. The summed E-state index contributed by atoms with van der Waals surface area (Å²) in [6.07, 6.45) is 11.0. The summed E-state index contributed by atoms with van der Waals surface area (Å²) in [5.74, 6) is 0.298. The van der Waals surface area contributed by atoms with Gasteiger partial charge in [0.25, 0.3) is 0 Å². The van der Waals surface area contributed by atoms with Gasteiger partial charge in [0, 0.05) is 73.2 Å². The number of methoxy groups -OCH3 is 2. The molecule has 4 amide bonds. The molecule has 0 radical (unpaired) electrons. The molecular weight excluding hydrogens is 938 g/mol. The summed E-state index contributed by atoms with van der Waals surface area (Å²) in [7, 11) is 2.60. The lowest BCUT2D eigenvalue weighted by molar-refractivity contribution is -0.135. The van der Waals surface area contributed by atoms with E-state index in [1.807, 2.05) is 35.9 Å². The molecule has 2 N–H and O–H groups in total. The van der Waals surface area contributed by atoms with Crippen molar-refractivity contribution < 1.29 is 42.5 Å². The Balaban J connectivity index is 0.852. The zero-order valence-electron chi connectivity index (χ0n) is 41.3. The second kappa shape index (κ2) is 19.9. The molecule has 5 atom stereocenters. The second-order valence-electron chi connectivity index (χ2n) is 20.6. The molecule has 2 aromatic heterocycles. The predicted octanol–water partition coefficient (Wildman–Crippen LogP) is 9.29. The minimum Gasteiger partial charge on any atom is -0.464 e. The van der Waals surface area contributed by atoms with E-state index in [0.29, 0.717) is 68.9 Å². The highest BCUT2D eigenvalue weighted by Gasteiger charge is 2.42. The summed E-state index contributed by atoms with van der Waals surface area (Å²) in [5.41, 5.74) is 7.34. The zero-order valence-corrected chi connectivity index (χ0v) is 42.1. The molecule has 4 aromatic rings. The Bertz CT molecular complexity index is 2950. The standard InChI is InChI=1S/C55H62FN7O8S/c1-30(2)49(59-54(66)68-3)51(64)61-17-5-7-43(61)41-25-37(29-58-41)34-23-39(56)48-45-26-35-22-33(11-13-42(35)63(45)53(71-46(48)27-34)47-14-12-38(72-47)21-31-9-10-31)36-24-40(57-28-36)44-8-6-18-62(44)52(65)50(60-55(67)69-4)32-15-19-70-20-16-32/h11-14,22-23,26-32,43-44,49-50,53H,5-10,15-21,24-25H2,1-4H3,(H,59,66)(H,60,67)/t43-,44-,49-,50-,53?/m0/s1. The monoisotopic (exact) mass is 999 g/mol. The van der Waals surface area contributed by atoms with Crippen molar-refractivity contribution in [3.8, 4) is 17.0 Å². The molecule has 11 rings (SSSR count). The highest BCUT2D eigenvalue weighted by molar-refractivity contribution is 7.12. The summed E-state index contributed by atoms with van der Waals surface area (Å²) in [5, 5.41) is 6.51. The zero-order chi connectivity index (χ0) is 49.8. The van der Waals surface area contributed by atoms with E-state index >= 15 is 4.39 Å². The lowest BCUT2D eigenvalue weighted by Gasteiger charge is -2.34. The SMILES string of the molecule is COC(=O)N[C@H](C(=O)N1CCC[C@H]1C1=NC=C(c2cc(F)c3c(c2)OC(c2ccc(CC4CC4)s2)n2c-3cc3cc(C4=CN=C([C@@H]5CCCN5C(=O)[C@@H](NC(=O)OC)C5CCOCC5)C4)ccc32)C1)C(C)C. The van der Waals surface area contributed by atoms with E-state index in [9.17, 15) is 19.2 Å². The highest BCUT2D eigenvalue weighted by Crippen LogP contribution is 2.49. The molecule has 15 nitrogen and oxygen atoms in total. The van der Waals surface area contributed by atoms with Crippen molar-refractivity contribution in [1.82, 2.24) is 25.0 Å². The number of carbonyl (C=O) groups is 4. The average Bonchev–Trinajstić information content (AvgIpc) is 4.13. The van der Waals surface area contributed by atoms with Gasteiger partial charge in [-0.15, -0.1) is 11.3 Å². The number of likely N-dealkylation sites (tertiary alicyclic amines) is 2. The third-order valence-corrected chi connectivity index (χ3v) is 16.8. The molecule has 0 spiro atoms. The van der Waals surface area contributed by atoms with Crippen molar-refractivity contribution in [1.29, 1.82) is 0 Å². The molecular formula is C55H62FN7O8S. The number of hydrogen-bond acceptors (Lipinski definition) is 11. The van der Waals surface area contributed by atoms with E-state index < -0.39 is 36.3 Å². The summed E-state index contributed by atoms with van der Waals surface area (Å²) in [6.45, 7) is 6.02. The van der Waals surface area contributed by atoms with E-state index in [4.69, 9.17) is 28.9 Å². The largest absolute Gasteiger partial charge is 0.464 e. The first-order valence-electron chi connectivity index (χ1n) is 25.6.